The molecule has 136 valence electrons. The van der Waals surface area contributed by atoms with Gasteiger partial charge < -0.3 is 4.90 Å². The van der Waals surface area contributed by atoms with Gasteiger partial charge in [0.2, 0.25) is 5.91 Å². The molecule has 0 N–H and O–H groups in total. The van der Waals surface area contributed by atoms with E-state index in [2.05, 4.69) is 4.90 Å². The first-order valence-electron chi connectivity index (χ1n) is 8.92. The minimum Gasteiger partial charge on any atom is -0.336 e. The zero-order valence-electron chi connectivity index (χ0n) is 14.1. The highest BCUT2D eigenvalue weighted by atomic mass is 32.2. The summed E-state index contributed by atoms with van der Waals surface area (Å²) in [6, 6.07) is 5.92. The maximum Gasteiger partial charge on any atom is 0.226 e. The number of amides is 1. The second-order valence-corrected chi connectivity index (χ2v) is 9.62. The van der Waals surface area contributed by atoms with Crippen molar-refractivity contribution in [1.29, 1.82) is 0 Å². The van der Waals surface area contributed by atoms with E-state index >= 15 is 0 Å². The number of carbonyl (C=O) groups is 1. The Labute approximate surface area is 147 Å². The second-order valence-electron chi connectivity index (χ2n) is 7.47. The van der Waals surface area contributed by atoms with Crippen molar-refractivity contribution < 1.29 is 17.6 Å². The normalized spacial score (nSPS) is 29.2. The molecular formula is C18H23FN2O3S. The van der Waals surface area contributed by atoms with Crippen molar-refractivity contribution in [2.75, 3.05) is 24.6 Å². The van der Waals surface area contributed by atoms with Crippen LogP contribution in [0.1, 0.15) is 24.8 Å². The van der Waals surface area contributed by atoms with Crippen molar-refractivity contribution in [3.8, 4) is 0 Å². The van der Waals surface area contributed by atoms with Crippen LogP contribution in [0.15, 0.2) is 24.3 Å². The zero-order chi connectivity index (χ0) is 17.6. The number of sulfone groups is 1. The molecule has 1 aromatic rings. The third-order valence-electron chi connectivity index (χ3n) is 5.83. The van der Waals surface area contributed by atoms with Crippen LogP contribution in [0.5, 0.6) is 0 Å². The zero-order valence-corrected chi connectivity index (χ0v) is 14.9. The molecule has 4 rings (SSSR count). The predicted octanol–water partition coefficient (Wildman–Crippen LogP) is 1.44. The van der Waals surface area contributed by atoms with Gasteiger partial charge in [-0.15, -0.1) is 0 Å². The summed E-state index contributed by atoms with van der Waals surface area (Å²) in [6.45, 7) is 1.82. The van der Waals surface area contributed by atoms with E-state index in [0.717, 1.165) is 24.8 Å². The Bertz CT molecular complexity index is 761. The van der Waals surface area contributed by atoms with Gasteiger partial charge in [-0.1, -0.05) is 18.6 Å². The molecule has 2 aliphatic heterocycles. The molecule has 1 aliphatic carbocycles. The van der Waals surface area contributed by atoms with E-state index in [1.807, 2.05) is 4.90 Å². The lowest BCUT2D eigenvalue weighted by Crippen LogP contribution is -2.61. The molecule has 7 heteroatoms. The van der Waals surface area contributed by atoms with Crippen LogP contribution in [0.25, 0.3) is 0 Å². The average molecular weight is 366 g/mol. The quantitative estimate of drug-likeness (QED) is 0.812. The molecule has 5 nitrogen and oxygen atoms in total. The van der Waals surface area contributed by atoms with Crippen molar-refractivity contribution in [1.82, 2.24) is 9.80 Å². The van der Waals surface area contributed by atoms with Crippen molar-refractivity contribution in [2.45, 2.75) is 37.9 Å². The fourth-order valence-electron chi connectivity index (χ4n) is 4.21. The molecule has 1 aromatic carbocycles. The maximum absolute atomic E-state index is 13.1. The fourth-order valence-corrected chi connectivity index (χ4v) is 6.22. The van der Waals surface area contributed by atoms with Crippen LogP contribution in [0.3, 0.4) is 0 Å². The Morgan fingerprint density at radius 2 is 1.76 bits per heavy atom. The molecule has 3 fully saturated rings. The molecule has 2 atom stereocenters. The smallest absolute Gasteiger partial charge is 0.226 e. The monoisotopic (exact) mass is 366 g/mol. The van der Waals surface area contributed by atoms with Crippen LogP contribution >= 0.6 is 0 Å². The highest BCUT2D eigenvalue weighted by molar-refractivity contribution is 7.91. The standard InChI is InChI=1S/C18H23FN2O3S/c19-15-6-4-13(5-7-15)10-20-8-9-21(18(22)14-2-1-3-14)17-12-25(23,24)11-16(17)20/h4-7,14,16-17H,1-3,8-12H2/t16-,17+/m0/s1. The number of nitrogens with zero attached hydrogens (tertiary/aromatic N) is 2. The summed E-state index contributed by atoms with van der Waals surface area (Å²) in [5, 5.41) is 0. The first kappa shape index (κ1) is 17.0. The SMILES string of the molecule is O=C(C1CCC1)N1CCN(Cc2ccc(F)cc2)[C@H]2CS(=O)(=O)C[C@H]21. The van der Waals surface area contributed by atoms with Gasteiger partial charge in [0.05, 0.1) is 17.5 Å². The van der Waals surface area contributed by atoms with Crippen molar-refractivity contribution in [3.63, 3.8) is 0 Å². The van der Waals surface area contributed by atoms with Gasteiger partial charge in [-0.25, -0.2) is 12.8 Å². The lowest BCUT2D eigenvalue weighted by molar-refractivity contribution is -0.144. The number of halogens is 1. The molecule has 2 heterocycles. The van der Waals surface area contributed by atoms with Crippen LogP contribution in [0.2, 0.25) is 0 Å². The summed E-state index contributed by atoms with van der Waals surface area (Å²) in [4.78, 5) is 16.7. The van der Waals surface area contributed by atoms with E-state index in [1.54, 1.807) is 12.1 Å². The number of benzene rings is 1. The minimum absolute atomic E-state index is 0.0655. The Balaban J connectivity index is 1.53. The Morgan fingerprint density at radius 1 is 1.08 bits per heavy atom. The highest BCUT2D eigenvalue weighted by Gasteiger charge is 2.49. The molecule has 2 saturated heterocycles. The van der Waals surface area contributed by atoms with Crippen molar-refractivity contribution >= 4 is 15.7 Å². The van der Waals surface area contributed by atoms with E-state index in [0.29, 0.717) is 19.6 Å². The Hall–Kier alpha value is -1.47. The van der Waals surface area contributed by atoms with Gasteiger partial charge in [-0.05, 0) is 30.5 Å². The first-order valence-corrected chi connectivity index (χ1v) is 10.7. The van der Waals surface area contributed by atoms with E-state index in [4.69, 9.17) is 0 Å². The number of hydrogen-bond acceptors (Lipinski definition) is 4. The first-order chi connectivity index (χ1) is 11.9. The van der Waals surface area contributed by atoms with Crippen LogP contribution in [0, 0.1) is 11.7 Å². The Kier molecular flexibility index (Phi) is 4.32. The van der Waals surface area contributed by atoms with Gasteiger partial charge in [0.15, 0.2) is 9.84 Å². The lowest BCUT2D eigenvalue weighted by Gasteiger charge is -2.45. The predicted molar refractivity (Wildman–Crippen MR) is 92.1 cm³/mol. The number of hydrogen-bond donors (Lipinski definition) is 0. The summed E-state index contributed by atoms with van der Waals surface area (Å²) >= 11 is 0. The lowest BCUT2D eigenvalue weighted by atomic mass is 9.83. The number of carbonyl (C=O) groups excluding carboxylic acids is 1. The molecule has 1 amide bonds. The van der Waals surface area contributed by atoms with Gasteiger partial charge in [0.25, 0.3) is 0 Å². The highest BCUT2D eigenvalue weighted by Crippen LogP contribution is 2.33. The Morgan fingerprint density at radius 3 is 2.40 bits per heavy atom. The number of fused-ring (bicyclic) bond motifs is 1. The third-order valence-corrected chi connectivity index (χ3v) is 7.53. The molecule has 3 aliphatic rings. The molecular weight excluding hydrogens is 343 g/mol. The third kappa shape index (κ3) is 3.31. The molecule has 0 radical (unpaired) electrons. The van der Waals surface area contributed by atoms with Gasteiger partial charge in [0.1, 0.15) is 5.82 Å². The average Bonchev–Trinajstić information content (AvgIpc) is 2.83. The second kappa shape index (κ2) is 6.36. The number of piperazine rings is 1. The van der Waals surface area contributed by atoms with Crippen LogP contribution in [0.4, 0.5) is 4.39 Å². The largest absolute Gasteiger partial charge is 0.336 e. The topological polar surface area (TPSA) is 57.7 Å². The van der Waals surface area contributed by atoms with Crippen LogP contribution in [-0.2, 0) is 21.2 Å². The van der Waals surface area contributed by atoms with Crippen molar-refractivity contribution in [2.24, 2.45) is 5.92 Å². The van der Waals surface area contributed by atoms with E-state index < -0.39 is 9.84 Å². The van der Waals surface area contributed by atoms with Gasteiger partial charge in [-0.2, -0.15) is 0 Å². The molecule has 25 heavy (non-hydrogen) atoms. The maximum atomic E-state index is 13.1. The summed E-state index contributed by atoms with van der Waals surface area (Å²) < 4.78 is 37.6. The van der Waals surface area contributed by atoms with Gasteiger partial charge >= 0.3 is 0 Å². The van der Waals surface area contributed by atoms with Gasteiger partial charge in [0, 0.05) is 31.6 Å². The summed E-state index contributed by atoms with van der Waals surface area (Å²) in [5.41, 5.74) is 0.961. The molecule has 0 bridgehead atoms. The minimum atomic E-state index is -3.14. The summed E-state index contributed by atoms with van der Waals surface area (Å²) in [7, 11) is -3.14. The molecule has 0 aromatic heterocycles. The van der Waals surface area contributed by atoms with E-state index in [1.165, 1.54) is 12.1 Å². The van der Waals surface area contributed by atoms with E-state index in [9.17, 15) is 17.6 Å². The van der Waals surface area contributed by atoms with E-state index in [-0.39, 0.29) is 41.2 Å². The molecule has 1 saturated carbocycles. The van der Waals surface area contributed by atoms with Crippen LogP contribution < -0.4 is 0 Å². The van der Waals surface area contributed by atoms with Crippen LogP contribution in [-0.4, -0.2) is 60.8 Å². The summed E-state index contributed by atoms with van der Waals surface area (Å²) in [6.07, 6.45) is 2.95. The van der Waals surface area contributed by atoms with Gasteiger partial charge in [-0.3, -0.25) is 9.69 Å². The fraction of sp³-hybridized carbons (Fsp3) is 0.611. The van der Waals surface area contributed by atoms with Crippen molar-refractivity contribution in [3.05, 3.63) is 35.6 Å². The number of rotatable bonds is 3. The molecule has 0 spiro atoms. The molecule has 0 unspecified atom stereocenters. The summed E-state index contributed by atoms with van der Waals surface area (Å²) in [5.74, 6) is 0.122.